The zero-order valence-corrected chi connectivity index (χ0v) is 14.6. The Hall–Kier alpha value is -3.00. The summed E-state index contributed by atoms with van der Waals surface area (Å²) in [4.78, 5) is 25.3. The van der Waals surface area contributed by atoms with Gasteiger partial charge in [-0.1, -0.05) is 30.3 Å². The van der Waals surface area contributed by atoms with Crippen molar-refractivity contribution in [3.63, 3.8) is 0 Å². The Balaban J connectivity index is 1.87. The number of benzene rings is 2. The SMILES string of the molecule is O=C(C(Cc1ccccc1)Nc1ccc(F)cc1[N+](=O)[O-])N1CCOCC1. The molecule has 1 aliphatic rings. The lowest BCUT2D eigenvalue weighted by atomic mass is 10.0. The first-order valence-electron chi connectivity index (χ1n) is 8.65. The topological polar surface area (TPSA) is 84.7 Å². The van der Waals surface area contributed by atoms with Gasteiger partial charge in [-0.25, -0.2) is 4.39 Å². The minimum atomic E-state index is -0.713. The Morgan fingerprint density at radius 3 is 2.59 bits per heavy atom. The molecule has 0 bridgehead atoms. The molecule has 1 fully saturated rings. The number of ether oxygens (including phenoxy) is 1. The Morgan fingerprint density at radius 1 is 1.22 bits per heavy atom. The summed E-state index contributed by atoms with van der Waals surface area (Å²) < 4.78 is 18.7. The van der Waals surface area contributed by atoms with E-state index in [9.17, 15) is 19.3 Å². The number of halogens is 1. The van der Waals surface area contributed by atoms with Crippen molar-refractivity contribution in [1.82, 2.24) is 4.90 Å². The van der Waals surface area contributed by atoms with Crippen molar-refractivity contribution < 1.29 is 18.8 Å². The molecule has 0 saturated carbocycles. The van der Waals surface area contributed by atoms with Gasteiger partial charge < -0.3 is 15.0 Å². The molecular formula is C19H20FN3O4. The molecule has 1 N–H and O–H groups in total. The van der Waals surface area contributed by atoms with E-state index in [1.54, 1.807) is 4.90 Å². The smallest absolute Gasteiger partial charge is 0.295 e. The normalized spacial score (nSPS) is 15.2. The van der Waals surface area contributed by atoms with Crippen LogP contribution in [0.3, 0.4) is 0 Å². The highest BCUT2D eigenvalue weighted by Gasteiger charge is 2.28. The third-order valence-electron chi connectivity index (χ3n) is 4.39. The van der Waals surface area contributed by atoms with E-state index in [1.165, 1.54) is 6.07 Å². The molecule has 2 aromatic carbocycles. The van der Waals surface area contributed by atoms with E-state index in [0.29, 0.717) is 32.7 Å². The number of nitrogens with zero attached hydrogens (tertiary/aromatic N) is 2. The number of carbonyl (C=O) groups is 1. The molecule has 27 heavy (non-hydrogen) atoms. The average molecular weight is 373 g/mol. The van der Waals surface area contributed by atoms with Gasteiger partial charge in [0.15, 0.2) is 0 Å². The van der Waals surface area contributed by atoms with Crippen molar-refractivity contribution in [3.8, 4) is 0 Å². The van der Waals surface area contributed by atoms with Crippen LogP contribution in [0.15, 0.2) is 48.5 Å². The molecule has 1 amide bonds. The van der Waals surface area contributed by atoms with Crippen molar-refractivity contribution in [1.29, 1.82) is 0 Å². The van der Waals surface area contributed by atoms with E-state index in [2.05, 4.69) is 5.32 Å². The maximum absolute atomic E-state index is 13.4. The number of nitrogens with one attached hydrogen (secondary N) is 1. The molecule has 1 aliphatic heterocycles. The van der Waals surface area contributed by atoms with Crippen molar-refractivity contribution in [2.45, 2.75) is 12.5 Å². The van der Waals surface area contributed by atoms with Crippen LogP contribution >= 0.6 is 0 Å². The second kappa shape index (κ2) is 8.59. The predicted molar refractivity (Wildman–Crippen MR) is 98.0 cm³/mol. The minimum Gasteiger partial charge on any atom is -0.378 e. The maximum Gasteiger partial charge on any atom is 0.295 e. The fourth-order valence-electron chi connectivity index (χ4n) is 3.02. The summed E-state index contributed by atoms with van der Waals surface area (Å²) in [5.41, 5.74) is 0.633. The van der Waals surface area contributed by atoms with Crippen LogP contribution in [0, 0.1) is 15.9 Å². The lowest BCUT2D eigenvalue weighted by molar-refractivity contribution is -0.384. The lowest BCUT2D eigenvalue weighted by Crippen LogP contribution is -2.48. The average Bonchev–Trinajstić information content (AvgIpc) is 2.69. The van der Waals surface area contributed by atoms with E-state index in [1.807, 2.05) is 30.3 Å². The van der Waals surface area contributed by atoms with E-state index in [-0.39, 0.29) is 11.6 Å². The third kappa shape index (κ3) is 4.79. The number of carbonyl (C=O) groups excluding carboxylic acids is 1. The molecule has 1 unspecified atom stereocenters. The van der Waals surface area contributed by atoms with Crippen molar-refractivity contribution in [2.75, 3.05) is 31.6 Å². The summed E-state index contributed by atoms with van der Waals surface area (Å²) in [5.74, 6) is -0.868. The van der Waals surface area contributed by atoms with Crippen LogP contribution in [0.4, 0.5) is 15.8 Å². The molecule has 1 saturated heterocycles. The maximum atomic E-state index is 13.4. The van der Waals surface area contributed by atoms with Gasteiger partial charge in [0.25, 0.3) is 5.69 Å². The molecule has 0 spiro atoms. The number of anilines is 1. The molecule has 2 aromatic rings. The molecule has 3 rings (SSSR count). The summed E-state index contributed by atoms with van der Waals surface area (Å²) in [6.07, 6.45) is 0.353. The monoisotopic (exact) mass is 373 g/mol. The lowest BCUT2D eigenvalue weighted by Gasteiger charge is -2.31. The molecule has 0 aromatic heterocycles. The van der Waals surface area contributed by atoms with Gasteiger partial charge in [-0.05, 0) is 17.7 Å². The number of hydrogen-bond acceptors (Lipinski definition) is 5. The van der Waals surface area contributed by atoms with Gasteiger partial charge in [-0.3, -0.25) is 14.9 Å². The Bertz CT molecular complexity index is 810. The van der Waals surface area contributed by atoms with Gasteiger partial charge in [0.05, 0.1) is 24.2 Å². The molecule has 0 aliphatic carbocycles. The van der Waals surface area contributed by atoms with E-state index >= 15 is 0 Å². The number of amides is 1. The Morgan fingerprint density at radius 2 is 1.93 bits per heavy atom. The highest BCUT2D eigenvalue weighted by Crippen LogP contribution is 2.26. The second-order valence-electron chi connectivity index (χ2n) is 6.24. The van der Waals surface area contributed by atoms with Crippen LogP contribution in [-0.2, 0) is 16.0 Å². The van der Waals surface area contributed by atoms with Gasteiger partial charge in [0.1, 0.15) is 17.5 Å². The van der Waals surface area contributed by atoms with Gasteiger partial charge in [0.2, 0.25) is 5.91 Å². The Kier molecular flexibility index (Phi) is 5.97. The fourth-order valence-corrected chi connectivity index (χ4v) is 3.02. The summed E-state index contributed by atoms with van der Waals surface area (Å²) in [7, 11) is 0. The summed E-state index contributed by atoms with van der Waals surface area (Å²) in [5, 5.41) is 14.2. The highest BCUT2D eigenvalue weighted by molar-refractivity contribution is 5.86. The van der Waals surface area contributed by atoms with E-state index in [0.717, 1.165) is 17.7 Å². The molecule has 8 heteroatoms. The molecule has 7 nitrogen and oxygen atoms in total. The van der Waals surface area contributed by atoms with Crippen LogP contribution in [0.2, 0.25) is 0 Å². The van der Waals surface area contributed by atoms with Crippen molar-refractivity contribution in [2.24, 2.45) is 0 Å². The van der Waals surface area contributed by atoms with Crippen LogP contribution in [0.5, 0.6) is 0 Å². The van der Waals surface area contributed by atoms with Crippen LogP contribution in [0.25, 0.3) is 0 Å². The van der Waals surface area contributed by atoms with Gasteiger partial charge in [-0.2, -0.15) is 0 Å². The first-order chi connectivity index (χ1) is 13.0. The summed E-state index contributed by atoms with van der Waals surface area (Å²) >= 11 is 0. The van der Waals surface area contributed by atoms with Crippen LogP contribution in [0.1, 0.15) is 5.56 Å². The first kappa shape index (κ1) is 18.8. The largest absolute Gasteiger partial charge is 0.378 e. The van der Waals surface area contributed by atoms with E-state index < -0.39 is 22.5 Å². The zero-order chi connectivity index (χ0) is 19.2. The predicted octanol–water partition coefficient (Wildman–Crippen LogP) is 2.62. The Labute approximate surface area is 155 Å². The molecule has 1 atom stereocenters. The number of hydrogen-bond donors (Lipinski definition) is 1. The van der Waals surface area contributed by atoms with Crippen LogP contribution in [-0.4, -0.2) is 48.1 Å². The third-order valence-corrected chi connectivity index (χ3v) is 4.39. The number of rotatable bonds is 6. The number of morpholine rings is 1. The first-order valence-corrected chi connectivity index (χ1v) is 8.65. The fraction of sp³-hybridized carbons (Fsp3) is 0.316. The quantitative estimate of drug-likeness (QED) is 0.622. The van der Waals surface area contributed by atoms with Crippen LogP contribution < -0.4 is 5.32 Å². The zero-order valence-electron chi connectivity index (χ0n) is 14.6. The molecular weight excluding hydrogens is 353 g/mol. The van der Waals surface area contributed by atoms with Gasteiger partial charge in [0, 0.05) is 19.5 Å². The standard InChI is InChI=1S/C19H20FN3O4/c20-15-6-7-16(18(13-15)23(25)26)21-17(12-14-4-2-1-3-5-14)19(24)22-8-10-27-11-9-22/h1-7,13,17,21H,8-12H2. The molecule has 1 heterocycles. The van der Waals surface area contributed by atoms with Crippen molar-refractivity contribution in [3.05, 3.63) is 70.0 Å². The number of nitro groups is 1. The van der Waals surface area contributed by atoms with E-state index in [4.69, 9.17) is 4.74 Å². The second-order valence-corrected chi connectivity index (χ2v) is 6.24. The minimum absolute atomic E-state index is 0.115. The van der Waals surface area contributed by atoms with Gasteiger partial charge >= 0.3 is 0 Å². The summed E-state index contributed by atoms with van der Waals surface area (Å²) in [6.45, 7) is 1.86. The molecule has 142 valence electrons. The van der Waals surface area contributed by atoms with Crippen molar-refractivity contribution >= 4 is 17.3 Å². The molecule has 0 radical (unpaired) electrons. The highest BCUT2D eigenvalue weighted by atomic mass is 19.1. The van der Waals surface area contributed by atoms with Gasteiger partial charge in [-0.15, -0.1) is 0 Å². The summed E-state index contributed by atoms with van der Waals surface area (Å²) in [6, 6.07) is 11.9. The number of nitro benzene ring substituents is 1.